The van der Waals surface area contributed by atoms with Gasteiger partial charge >= 0.3 is 5.97 Å². The third-order valence-corrected chi connectivity index (χ3v) is 3.91. The van der Waals surface area contributed by atoms with E-state index in [1.54, 1.807) is 0 Å². The van der Waals surface area contributed by atoms with Gasteiger partial charge in [0.2, 0.25) is 0 Å². The van der Waals surface area contributed by atoms with Crippen LogP contribution in [0.5, 0.6) is 0 Å². The quantitative estimate of drug-likeness (QED) is 0.758. The molecular formula is C13H25NO2. The van der Waals surface area contributed by atoms with Crippen LogP contribution < -0.4 is 0 Å². The van der Waals surface area contributed by atoms with Gasteiger partial charge in [0, 0.05) is 13.1 Å². The van der Waals surface area contributed by atoms with Crippen molar-refractivity contribution in [1.29, 1.82) is 0 Å². The van der Waals surface area contributed by atoms with Crippen molar-refractivity contribution in [2.45, 2.75) is 46.0 Å². The zero-order valence-electron chi connectivity index (χ0n) is 10.8. The molecular weight excluding hydrogens is 202 g/mol. The number of rotatable bonds is 6. The Morgan fingerprint density at radius 3 is 2.44 bits per heavy atom. The van der Waals surface area contributed by atoms with Gasteiger partial charge in [-0.1, -0.05) is 33.1 Å². The minimum atomic E-state index is -0.596. The first kappa shape index (κ1) is 13.5. The van der Waals surface area contributed by atoms with Crippen LogP contribution in [0.25, 0.3) is 0 Å². The maximum absolute atomic E-state index is 11.4. The van der Waals surface area contributed by atoms with Crippen LogP contribution in [0.15, 0.2) is 0 Å². The van der Waals surface area contributed by atoms with Crippen molar-refractivity contribution in [2.75, 3.05) is 20.1 Å². The zero-order chi connectivity index (χ0) is 12.2. The third kappa shape index (κ3) is 3.21. The van der Waals surface area contributed by atoms with Gasteiger partial charge in [0.05, 0.1) is 5.41 Å². The fraction of sp³-hybridized carbons (Fsp3) is 0.923. The Kier molecular flexibility index (Phi) is 4.78. The van der Waals surface area contributed by atoms with Crippen LogP contribution in [-0.2, 0) is 4.79 Å². The number of carboxylic acids is 1. The molecule has 0 radical (unpaired) electrons. The summed E-state index contributed by atoms with van der Waals surface area (Å²) in [5, 5.41) is 9.38. The van der Waals surface area contributed by atoms with E-state index in [-0.39, 0.29) is 0 Å². The lowest BCUT2D eigenvalue weighted by molar-refractivity contribution is -0.149. The number of aliphatic carboxylic acids is 1. The van der Waals surface area contributed by atoms with Crippen molar-refractivity contribution in [2.24, 2.45) is 11.3 Å². The lowest BCUT2D eigenvalue weighted by Gasteiger charge is -2.30. The lowest BCUT2D eigenvalue weighted by atomic mass is 9.85. The summed E-state index contributed by atoms with van der Waals surface area (Å²) >= 11 is 0. The van der Waals surface area contributed by atoms with Gasteiger partial charge in [-0.15, -0.1) is 0 Å². The first-order chi connectivity index (χ1) is 7.50. The molecule has 3 heteroatoms. The molecule has 1 N–H and O–H groups in total. The highest BCUT2D eigenvalue weighted by Crippen LogP contribution is 2.39. The first-order valence-electron chi connectivity index (χ1n) is 6.42. The van der Waals surface area contributed by atoms with E-state index in [9.17, 15) is 9.90 Å². The summed E-state index contributed by atoms with van der Waals surface area (Å²) in [5.41, 5.74) is -0.456. The maximum Gasteiger partial charge on any atom is 0.310 e. The number of nitrogens with zero attached hydrogens (tertiary/aromatic N) is 1. The van der Waals surface area contributed by atoms with Crippen LogP contribution in [0.4, 0.5) is 0 Å². The van der Waals surface area contributed by atoms with Gasteiger partial charge in [0.25, 0.3) is 0 Å². The smallest absolute Gasteiger partial charge is 0.310 e. The van der Waals surface area contributed by atoms with Gasteiger partial charge in [-0.05, 0) is 25.8 Å². The second-order valence-corrected chi connectivity index (χ2v) is 5.50. The van der Waals surface area contributed by atoms with Gasteiger partial charge in [-0.2, -0.15) is 0 Å². The topological polar surface area (TPSA) is 40.5 Å². The van der Waals surface area contributed by atoms with E-state index in [1.165, 1.54) is 0 Å². The average Bonchev–Trinajstić information content (AvgIpc) is 2.67. The highest BCUT2D eigenvalue weighted by atomic mass is 16.4. The van der Waals surface area contributed by atoms with Gasteiger partial charge in [-0.25, -0.2) is 0 Å². The normalized spacial score (nSPS) is 21.2. The van der Waals surface area contributed by atoms with E-state index in [4.69, 9.17) is 0 Å². The van der Waals surface area contributed by atoms with E-state index < -0.39 is 11.4 Å². The summed E-state index contributed by atoms with van der Waals surface area (Å²) in [5.74, 6) is 0.0539. The molecule has 16 heavy (non-hydrogen) atoms. The highest BCUT2D eigenvalue weighted by Gasteiger charge is 2.41. The van der Waals surface area contributed by atoms with Crippen LogP contribution in [0.1, 0.15) is 46.0 Å². The van der Waals surface area contributed by atoms with Gasteiger partial charge < -0.3 is 10.0 Å². The molecule has 1 aliphatic carbocycles. The van der Waals surface area contributed by atoms with Crippen molar-refractivity contribution in [3.05, 3.63) is 0 Å². The Morgan fingerprint density at radius 1 is 1.44 bits per heavy atom. The molecule has 0 aliphatic heterocycles. The second kappa shape index (κ2) is 5.67. The molecule has 1 unspecified atom stereocenters. The molecule has 94 valence electrons. The molecule has 0 aromatic heterocycles. The largest absolute Gasteiger partial charge is 0.481 e. The molecule has 1 fully saturated rings. The second-order valence-electron chi connectivity index (χ2n) is 5.50. The molecule has 1 saturated carbocycles. The summed E-state index contributed by atoms with van der Waals surface area (Å²) in [6, 6.07) is 0. The fourth-order valence-corrected chi connectivity index (χ4v) is 2.73. The Balaban J connectivity index is 2.52. The van der Waals surface area contributed by atoms with Gasteiger partial charge in [0.15, 0.2) is 0 Å². The number of carbonyl (C=O) groups is 1. The van der Waals surface area contributed by atoms with E-state index in [0.29, 0.717) is 12.5 Å². The highest BCUT2D eigenvalue weighted by molar-refractivity contribution is 5.75. The summed E-state index contributed by atoms with van der Waals surface area (Å²) in [4.78, 5) is 13.6. The third-order valence-electron chi connectivity index (χ3n) is 3.91. The molecule has 0 bridgehead atoms. The van der Waals surface area contributed by atoms with Crippen LogP contribution in [0, 0.1) is 11.3 Å². The predicted molar refractivity (Wildman–Crippen MR) is 65.5 cm³/mol. The molecule has 0 spiro atoms. The Morgan fingerprint density at radius 2 is 2.00 bits per heavy atom. The first-order valence-corrected chi connectivity index (χ1v) is 6.42. The summed E-state index contributed by atoms with van der Waals surface area (Å²) in [7, 11) is 2.05. The van der Waals surface area contributed by atoms with Crippen molar-refractivity contribution >= 4 is 5.97 Å². The fourth-order valence-electron chi connectivity index (χ4n) is 2.73. The molecule has 1 atom stereocenters. The van der Waals surface area contributed by atoms with Crippen molar-refractivity contribution < 1.29 is 9.90 Å². The van der Waals surface area contributed by atoms with Crippen molar-refractivity contribution in [3.63, 3.8) is 0 Å². The number of hydrogen-bond acceptors (Lipinski definition) is 2. The van der Waals surface area contributed by atoms with Crippen LogP contribution >= 0.6 is 0 Å². The molecule has 0 amide bonds. The SMILES string of the molecule is CCC(C)CN(C)CC1(C(=O)O)CCCC1. The van der Waals surface area contributed by atoms with E-state index in [1.807, 2.05) is 0 Å². The van der Waals surface area contributed by atoms with Crippen molar-refractivity contribution in [1.82, 2.24) is 4.90 Å². The molecule has 0 saturated heterocycles. The molecule has 1 rings (SSSR count). The number of hydrogen-bond donors (Lipinski definition) is 1. The standard InChI is InChI=1S/C13H25NO2/c1-4-11(2)9-14(3)10-13(12(15)16)7-5-6-8-13/h11H,4-10H2,1-3H3,(H,15,16). The maximum atomic E-state index is 11.4. The van der Waals surface area contributed by atoms with E-state index in [0.717, 1.165) is 38.6 Å². The van der Waals surface area contributed by atoms with Gasteiger partial charge in [-0.3, -0.25) is 4.79 Å². The van der Waals surface area contributed by atoms with E-state index in [2.05, 4.69) is 25.8 Å². The Bertz CT molecular complexity index is 234. The van der Waals surface area contributed by atoms with Crippen LogP contribution in [0.2, 0.25) is 0 Å². The Hall–Kier alpha value is -0.570. The summed E-state index contributed by atoms with van der Waals surface area (Å²) in [6.45, 7) is 6.12. The monoisotopic (exact) mass is 227 g/mol. The average molecular weight is 227 g/mol. The molecule has 0 aromatic carbocycles. The Labute approximate surface area is 98.8 Å². The molecule has 0 aromatic rings. The zero-order valence-corrected chi connectivity index (χ0v) is 10.8. The minimum Gasteiger partial charge on any atom is -0.481 e. The predicted octanol–water partition coefficient (Wildman–Crippen LogP) is 2.61. The van der Waals surface area contributed by atoms with E-state index >= 15 is 0 Å². The minimum absolute atomic E-state index is 0.456. The molecule has 3 nitrogen and oxygen atoms in total. The molecule has 0 heterocycles. The number of carboxylic acid groups (broad SMARTS) is 1. The van der Waals surface area contributed by atoms with Crippen LogP contribution in [0.3, 0.4) is 0 Å². The molecule has 1 aliphatic rings. The summed E-state index contributed by atoms with van der Waals surface area (Å²) < 4.78 is 0. The van der Waals surface area contributed by atoms with Crippen LogP contribution in [-0.4, -0.2) is 36.1 Å². The van der Waals surface area contributed by atoms with Crippen molar-refractivity contribution in [3.8, 4) is 0 Å². The summed E-state index contributed by atoms with van der Waals surface area (Å²) in [6.07, 6.45) is 5.01. The lowest BCUT2D eigenvalue weighted by Crippen LogP contribution is -2.41. The van der Waals surface area contributed by atoms with Gasteiger partial charge in [0.1, 0.15) is 0 Å².